The van der Waals surface area contributed by atoms with Crippen molar-refractivity contribution in [2.75, 3.05) is 6.61 Å². The molecule has 0 spiro atoms. The molecule has 54 valence electrons. The second-order valence-corrected chi connectivity index (χ2v) is 2.62. The molecule has 0 aliphatic rings. The molecule has 0 aromatic carbocycles. The van der Waals surface area contributed by atoms with E-state index in [2.05, 4.69) is 6.58 Å². The smallest absolute Gasteiger partial charge is 0.0448 e. The number of hydrogen-bond acceptors (Lipinski definition) is 2. The zero-order valence-corrected chi connectivity index (χ0v) is 5.93. The van der Waals surface area contributed by atoms with Gasteiger partial charge in [0.1, 0.15) is 0 Å². The van der Waals surface area contributed by atoms with Gasteiger partial charge in [-0.1, -0.05) is 6.08 Å². The maximum absolute atomic E-state index is 8.51. The minimum Gasteiger partial charge on any atom is -0.396 e. The SMILES string of the molecule is C=CC[C@@](C)(N)CCO. The van der Waals surface area contributed by atoms with Crippen molar-refractivity contribution in [3.05, 3.63) is 12.7 Å². The third-order valence-corrected chi connectivity index (χ3v) is 1.29. The minimum atomic E-state index is -0.267. The Morgan fingerprint density at radius 1 is 1.78 bits per heavy atom. The first-order valence-electron chi connectivity index (χ1n) is 3.13. The van der Waals surface area contributed by atoms with Gasteiger partial charge in [0.25, 0.3) is 0 Å². The maximum atomic E-state index is 8.51. The third-order valence-electron chi connectivity index (χ3n) is 1.29. The molecule has 0 amide bonds. The van der Waals surface area contributed by atoms with Gasteiger partial charge < -0.3 is 10.8 Å². The van der Waals surface area contributed by atoms with Crippen LogP contribution in [0.1, 0.15) is 19.8 Å². The van der Waals surface area contributed by atoms with Crippen LogP contribution in [-0.4, -0.2) is 17.3 Å². The number of nitrogens with two attached hydrogens (primary N) is 1. The van der Waals surface area contributed by atoms with Gasteiger partial charge in [-0.3, -0.25) is 0 Å². The van der Waals surface area contributed by atoms with Gasteiger partial charge in [-0.25, -0.2) is 0 Å². The van der Waals surface area contributed by atoms with Gasteiger partial charge in [-0.05, 0) is 19.8 Å². The summed E-state index contributed by atoms with van der Waals surface area (Å²) in [4.78, 5) is 0. The second-order valence-electron chi connectivity index (χ2n) is 2.62. The monoisotopic (exact) mass is 129 g/mol. The first-order chi connectivity index (χ1) is 4.12. The predicted octanol–water partition coefficient (Wildman–Crippen LogP) is 0.662. The zero-order chi connectivity index (χ0) is 7.33. The Labute approximate surface area is 56.4 Å². The molecule has 0 aromatic rings. The van der Waals surface area contributed by atoms with E-state index >= 15 is 0 Å². The Morgan fingerprint density at radius 2 is 2.33 bits per heavy atom. The fourth-order valence-electron chi connectivity index (χ4n) is 0.687. The van der Waals surface area contributed by atoms with E-state index in [0.29, 0.717) is 6.42 Å². The molecule has 0 aliphatic heterocycles. The first kappa shape index (κ1) is 8.66. The first-order valence-corrected chi connectivity index (χ1v) is 3.13. The molecule has 0 bridgehead atoms. The van der Waals surface area contributed by atoms with Crippen molar-refractivity contribution in [2.24, 2.45) is 5.73 Å². The van der Waals surface area contributed by atoms with Crippen molar-refractivity contribution in [3.63, 3.8) is 0 Å². The second kappa shape index (κ2) is 3.64. The molecule has 0 saturated heterocycles. The van der Waals surface area contributed by atoms with E-state index in [0.717, 1.165) is 6.42 Å². The molecule has 0 rings (SSSR count). The highest BCUT2D eigenvalue weighted by molar-refractivity contribution is 4.86. The van der Waals surface area contributed by atoms with Crippen LogP contribution in [-0.2, 0) is 0 Å². The van der Waals surface area contributed by atoms with Gasteiger partial charge in [0, 0.05) is 12.1 Å². The molecular weight excluding hydrogens is 114 g/mol. The predicted molar refractivity (Wildman–Crippen MR) is 39.1 cm³/mol. The Bertz CT molecular complexity index is 88.9. The number of hydrogen-bond donors (Lipinski definition) is 2. The molecule has 0 unspecified atom stereocenters. The van der Waals surface area contributed by atoms with Crippen LogP contribution >= 0.6 is 0 Å². The van der Waals surface area contributed by atoms with Crippen molar-refractivity contribution in [3.8, 4) is 0 Å². The van der Waals surface area contributed by atoms with Crippen molar-refractivity contribution in [1.82, 2.24) is 0 Å². The molecule has 0 saturated carbocycles. The summed E-state index contributed by atoms with van der Waals surface area (Å²) in [7, 11) is 0. The number of rotatable bonds is 4. The van der Waals surface area contributed by atoms with Crippen LogP contribution < -0.4 is 5.73 Å². The summed E-state index contributed by atoms with van der Waals surface area (Å²) in [5, 5.41) is 8.51. The summed E-state index contributed by atoms with van der Waals surface area (Å²) in [6, 6.07) is 0. The van der Waals surface area contributed by atoms with E-state index in [1.807, 2.05) is 6.92 Å². The standard InChI is InChI=1S/C7H15NO/c1-3-4-7(2,8)5-6-9/h3,9H,1,4-6,8H2,2H3/t7-/m1/s1. The molecule has 0 heterocycles. The quantitative estimate of drug-likeness (QED) is 0.548. The van der Waals surface area contributed by atoms with Crippen LogP contribution in [0.2, 0.25) is 0 Å². The van der Waals surface area contributed by atoms with Gasteiger partial charge in [-0.15, -0.1) is 6.58 Å². The number of aliphatic hydroxyl groups is 1. The van der Waals surface area contributed by atoms with E-state index in [4.69, 9.17) is 10.8 Å². The summed E-state index contributed by atoms with van der Waals surface area (Å²) >= 11 is 0. The van der Waals surface area contributed by atoms with Gasteiger partial charge in [0.2, 0.25) is 0 Å². The van der Waals surface area contributed by atoms with Gasteiger partial charge >= 0.3 is 0 Å². The maximum Gasteiger partial charge on any atom is 0.0448 e. The lowest BCUT2D eigenvalue weighted by Crippen LogP contribution is -2.36. The Morgan fingerprint density at radius 3 is 2.67 bits per heavy atom. The largest absolute Gasteiger partial charge is 0.396 e. The van der Waals surface area contributed by atoms with E-state index in [1.54, 1.807) is 6.08 Å². The third kappa shape index (κ3) is 4.18. The Kier molecular flexibility index (Phi) is 3.50. The zero-order valence-electron chi connectivity index (χ0n) is 5.93. The van der Waals surface area contributed by atoms with Gasteiger partial charge in [0.05, 0.1) is 0 Å². The molecule has 2 heteroatoms. The molecule has 3 N–H and O–H groups in total. The van der Waals surface area contributed by atoms with Crippen LogP contribution in [0, 0.1) is 0 Å². The van der Waals surface area contributed by atoms with Crippen LogP contribution in [0.15, 0.2) is 12.7 Å². The van der Waals surface area contributed by atoms with Crippen molar-refractivity contribution in [2.45, 2.75) is 25.3 Å². The lowest BCUT2D eigenvalue weighted by molar-refractivity contribution is 0.247. The summed E-state index contributed by atoms with van der Waals surface area (Å²) in [5.74, 6) is 0. The molecule has 0 radical (unpaired) electrons. The number of aliphatic hydroxyl groups excluding tert-OH is 1. The lowest BCUT2D eigenvalue weighted by atomic mass is 9.96. The molecular formula is C7H15NO. The Balaban J connectivity index is 3.55. The van der Waals surface area contributed by atoms with Crippen LogP contribution in [0.25, 0.3) is 0 Å². The van der Waals surface area contributed by atoms with E-state index < -0.39 is 0 Å². The fourth-order valence-corrected chi connectivity index (χ4v) is 0.687. The van der Waals surface area contributed by atoms with Crippen LogP contribution in [0.4, 0.5) is 0 Å². The fraction of sp³-hybridized carbons (Fsp3) is 0.714. The molecule has 1 atom stereocenters. The summed E-state index contributed by atoms with van der Waals surface area (Å²) < 4.78 is 0. The average Bonchev–Trinajstić information content (AvgIpc) is 1.64. The summed E-state index contributed by atoms with van der Waals surface area (Å²) in [6.45, 7) is 5.63. The highest BCUT2D eigenvalue weighted by Crippen LogP contribution is 2.09. The summed E-state index contributed by atoms with van der Waals surface area (Å²) in [5.41, 5.74) is 5.44. The average molecular weight is 129 g/mol. The normalized spacial score (nSPS) is 16.8. The molecule has 2 nitrogen and oxygen atoms in total. The van der Waals surface area contributed by atoms with Crippen LogP contribution in [0.5, 0.6) is 0 Å². The van der Waals surface area contributed by atoms with E-state index in [-0.39, 0.29) is 12.1 Å². The summed E-state index contributed by atoms with van der Waals surface area (Å²) in [6.07, 6.45) is 3.17. The van der Waals surface area contributed by atoms with E-state index in [9.17, 15) is 0 Å². The minimum absolute atomic E-state index is 0.154. The van der Waals surface area contributed by atoms with Gasteiger partial charge in [0.15, 0.2) is 0 Å². The molecule has 0 fully saturated rings. The molecule has 0 aliphatic carbocycles. The highest BCUT2D eigenvalue weighted by atomic mass is 16.3. The van der Waals surface area contributed by atoms with Gasteiger partial charge in [-0.2, -0.15) is 0 Å². The molecule has 9 heavy (non-hydrogen) atoms. The van der Waals surface area contributed by atoms with Crippen molar-refractivity contribution >= 4 is 0 Å². The lowest BCUT2D eigenvalue weighted by Gasteiger charge is -2.20. The molecule has 0 aromatic heterocycles. The van der Waals surface area contributed by atoms with Crippen molar-refractivity contribution in [1.29, 1.82) is 0 Å². The Hall–Kier alpha value is -0.340. The van der Waals surface area contributed by atoms with Crippen molar-refractivity contribution < 1.29 is 5.11 Å². The topological polar surface area (TPSA) is 46.2 Å². The highest BCUT2D eigenvalue weighted by Gasteiger charge is 2.14. The van der Waals surface area contributed by atoms with E-state index in [1.165, 1.54) is 0 Å². The van der Waals surface area contributed by atoms with Crippen LogP contribution in [0.3, 0.4) is 0 Å².